The fourth-order valence-corrected chi connectivity index (χ4v) is 3.29. The number of carbonyl (C=O) groups is 1. The van der Waals surface area contributed by atoms with Crippen molar-refractivity contribution in [3.8, 4) is 0 Å². The fourth-order valence-electron chi connectivity index (χ4n) is 1.95. The van der Waals surface area contributed by atoms with E-state index in [1.807, 2.05) is 6.07 Å². The number of ether oxygens (including phenoxy) is 1. The van der Waals surface area contributed by atoms with Crippen LogP contribution in [0.4, 0.5) is 0 Å². The Morgan fingerprint density at radius 1 is 1.13 bits per heavy atom. The first-order valence-corrected chi connectivity index (χ1v) is 8.71. The van der Waals surface area contributed by atoms with Crippen LogP contribution in [0.25, 0.3) is 0 Å². The Bertz CT molecular complexity index is 760. The van der Waals surface area contributed by atoms with Gasteiger partial charge in [0.1, 0.15) is 6.61 Å². The topological polar surface area (TPSA) is 72.5 Å². The maximum Gasteiger partial charge on any atom is 0.302 e. The van der Waals surface area contributed by atoms with E-state index in [1.165, 1.54) is 31.2 Å². The van der Waals surface area contributed by atoms with Gasteiger partial charge in [0.25, 0.3) is 0 Å². The van der Waals surface area contributed by atoms with E-state index < -0.39 is 22.0 Å². The third-order valence-electron chi connectivity index (χ3n) is 3.08. The van der Waals surface area contributed by atoms with Crippen LogP contribution in [0.3, 0.4) is 0 Å². The lowest BCUT2D eigenvalue weighted by Crippen LogP contribution is -2.32. The average Bonchev–Trinajstić information content (AvgIpc) is 2.52. The number of sulfonamides is 1. The van der Waals surface area contributed by atoms with Crippen LogP contribution < -0.4 is 4.72 Å². The quantitative estimate of drug-likeness (QED) is 0.810. The molecular weight excluding hydrogens is 338 g/mol. The second kappa shape index (κ2) is 7.59. The second-order valence-electron chi connectivity index (χ2n) is 4.84. The van der Waals surface area contributed by atoms with Crippen LogP contribution in [0.15, 0.2) is 59.5 Å². The van der Waals surface area contributed by atoms with E-state index in [-0.39, 0.29) is 11.5 Å². The van der Waals surface area contributed by atoms with Gasteiger partial charge in [0.05, 0.1) is 10.9 Å². The minimum Gasteiger partial charge on any atom is -0.464 e. The van der Waals surface area contributed by atoms with Crippen LogP contribution in [0.1, 0.15) is 18.5 Å². The summed E-state index contributed by atoms with van der Waals surface area (Å²) in [5.74, 6) is -0.475. The summed E-state index contributed by atoms with van der Waals surface area (Å²) in [6.07, 6.45) is 0. The summed E-state index contributed by atoms with van der Waals surface area (Å²) in [5, 5.41) is 0.448. The van der Waals surface area contributed by atoms with Gasteiger partial charge in [-0.2, -0.15) is 0 Å². The zero-order chi connectivity index (χ0) is 16.9. The first-order chi connectivity index (χ1) is 10.9. The molecule has 0 spiro atoms. The van der Waals surface area contributed by atoms with Crippen molar-refractivity contribution in [2.45, 2.75) is 17.9 Å². The van der Waals surface area contributed by atoms with Crippen molar-refractivity contribution in [1.82, 2.24) is 4.72 Å². The molecule has 0 saturated carbocycles. The van der Waals surface area contributed by atoms with E-state index in [0.29, 0.717) is 10.6 Å². The van der Waals surface area contributed by atoms with Crippen molar-refractivity contribution < 1.29 is 17.9 Å². The monoisotopic (exact) mass is 353 g/mol. The molecule has 1 atom stereocenters. The Morgan fingerprint density at radius 3 is 2.30 bits per heavy atom. The first kappa shape index (κ1) is 17.5. The van der Waals surface area contributed by atoms with Gasteiger partial charge in [-0.1, -0.05) is 41.9 Å². The number of rotatable bonds is 6. The molecule has 0 aliphatic heterocycles. The van der Waals surface area contributed by atoms with Crippen molar-refractivity contribution in [1.29, 1.82) is 0 Å². The molecule has 0 fully saturated rings. The van der Waals surface area contributed by atoms with E-state index in [1.54, 1.807) is 24.3 Å². The molecule has 0 amide bonds. The molecule has 5 nitrogen and oxygen atoms in total. The van der Waals surface area contributed by atoms with Crippen molar-refractivity contribution in [3.63, 3.8) is 0 Å². The standard InChI is InChI=1S/C16H16ClNO4S/c1-12(19)22-11-16(13-5-3-2-4-6-13)18-23(20,21)15-9-7-14(17)8-10-15/h2-10,16,18H,11H2,1H3/t16-/m0/s1. The largest absolute Gasteiger partial charge is 0.464 e. The summed E-state index contributed by atoms with van der Waals surface area (Å²) >= 11 is 5.78. The van der Waals surface area contributed by atoms with Crippen LogP contribution in [0, 0.1) is 0 Å². The lowest BCUT2D eigenvalue weighted by atomic mass is 10.1. The molecule has 2 aromatic rings. The molecule has 0 radical (unpaired) electrons. The maximum atomic E-state index is 12.5. The third kappa shape index (κ3) is 5.06. The Morgan fingerprint density at radius 2 is 1.74 bits per heavy atom. The van der Waals surface area contributed by atoms with Gasteiger partial charge in [-0.3, -0.25) is 4.79 Å². The fraction of sp³-hybridized carbons (Fsp3) is 0.188. The highest BCUT2D eigenvalue weighted by Crippen LogP contribution is 2.19. The summed E-state index contributed by atoms with van der Waals surface area (Å²) in [7, 11) is -3.77. The van der Waals surface area contributed by atoms with E-state index >= 15 is 0 Å². The van der Waals surface area contributed by atoms with Gasteiger partial charge in [0, 0.05) is 11.9 Å². The maximum absolute atomic E-state index is 12.5. The highest BCUT2D eigenvalue weighted by molar-refractivity contribution is 7.89. The molecule has 2 rings (SSSR count). The zero-order valence-corrected chi connectivity index (χ0v) is 14.0. The SMILES string of the molecule is CC(=O)OC[C@H](NS(=O)(=O)c1ccc(Cl)cc1)c1ccccc1. The van der Waals surface area contributed by atoms with Gasteiger partial charge in [-0.15, -0.1) is 0 Å². The minimum absolute atomic E-state index is 0.0886. The number of hydrogen-bond donors (Lipinski definition) is 1. The molecule has 0 heterocycles. The highest BCUT2D eigenvalue weighted by atomic mass is 35.5. The molecule has 0 aliphatic carbocycles. The van der Waals surface area contributed by atoms with E-state index in [2.05, 4.69) is 4.72 Å². The number of halogens is 1. The van der Waals surface area contributed by atoms with Crippen molar-refractivity contribution >= 4 is 27.6 Å². The first-order valence-electron chi connectivity index (χ1n) is 6.85. The number of nitrogens with one attached hydrogen (secondary N) is 1. The molecule has 0 unspecified atom stereocenters. The number of benzene rings is 2. The second-order valence-corrected chi connectivity index (χ2v) is 6.99. The minimum atomic E-state index is -3.77. The smallest absolute Gasteiger partial charge is 0.302 e. The van der Waals surface area contributed by atoms with Crippen LogP contribution >= 0.6 is 11.6 Å². The van der Waals surface area contributed by atoms with Crippen LogP contribution in [0.5, 0.6) is 0 Å². The molecular formula is C16H16ClNO4S. The molecule has 0 aromatic heterocycles. The molecule has 122 valence electrons. The predicted molar refractivity (Wildman–Crippen MR) is 87.6 cm³/mol. The average molecular weight is 354 g/mol. The van der Waals surface area contributed by atoms with Gasteiger partial charge in [-0.25, -0.2) is 13.1 Å². The summed E-state index contributed by atoms with van der Waals surface area (Å²) in [6, 6.07) is 14.1. The Hall–Kier alpha value is -1.89. The number of carbonyl (C=O) groups excluding carboxylic acids is 1. The number of hydrogen-bond acceptors (Lipinski definition) is 4. The van der Waals surface area contributed by atoms with Gasteiger partial charge in [-0.05, 0) is 29.8 Å². The van der Waals surface area contributed by atoms with Crippen molar-refractivity contribution in [2.75, 3.05) is 6.61 Å². The van der Waals surface area contributed by atoms with Gasteiger partial charge in [0.2, 0.25) is 10.0 Å². The van der Waals surface area contributed by atoms with E-state index in [9.17, 15) is 13.2 Å². The number of esters is 1. The summed E-state index contributed by atoms with van der Waals surface area (Å²) in [4.78, 5) is 11.1. The van der Waals surface area contributed by atoms with Crippen LogP contribution in [-0.4, -0.2) is 21.0 Å². The Kier molecular flexibility index (Phi) is 5.76. The van der Waals surface area contributed by atoms with Crippen LogP contribution in [0.2, 0.25) is 5.02 Å². The summed E-state index contributed by atoms with van der Waals surface area (Å²) < 4.78 is 32.5. The molecule has 0 saturated heterocycles. The van der Waals surface area contributed by atoms with Gasteiger partial charge < -0.3 is 4.74 Å². The lowest BCUT2D eigenvalue weighted by Gasteiger charge is -2.19. The van der Waals surface area contributed by atoms with Crippen molar-refractivity contribution in [2.24, 2.45) is 0 Å². The molecule has 0 bridgehead atoms. The van der Waals surface area contributed by atoms with Crippen LogP contribution in [-0.2, 0) is 19.6 Å². The molecule has 23 heavy (non-hydrogen) atoms. The molecule has 2 aromatic carbocycles. The van der Waals surface area contributed by atoms with Gasteiger partial charge in [0.15, 0.2) is 0 Å². The summed E-state index contributed by atoms with van der Waals surface area (Å²) in [5.41, 5.74) is 0.700. The Labute approximate surface area is 140 Å². The van der Waals surface area contributed by atoms with Crippen molar-refractivity contribution in [3.05, 3.63) is 65.2 Å². The molecule has 7 heteroatoms. The predicted octanol–water partition coefficient (Wildman–Crippen LogP) is 2.92. The zero-order valence-electron chi connectivity index (χ0n) is 12.4. The Balaban J connectivity index is 2.25. The molecule has 1 N–H and O–H groups in total. The summed E-state index contributed by atoms with van der Waals surface area (Å²) in [6.45, 7) is 1.18. The normalized spacial score (nSPS) is 12.6. The third-order valence-corrected chi connectivity index (χ3v) is 4.82. The van der Waals surface area contributed by atoms with E-state index in [4.69, 9.17) is 16.3 Å². The van der Waals surface area contributed by atoms with E-state index in [0.717, 1.165) is 0 Å². The molecule has 0 aliphatic rings. The van der Waals surface area contributed by atoms with Gasteiger partial charge >= 0.3 is 5.97 Å². The highest BCUT2D eigenvalue weighted by Gasteiger charge is 2.22. The lowest BCUT2D eigenvalue weighted by molar-refractivity contribution is -0.141.